The Hall–Kier alpha value is -0.720. The van der Waals surface area contributed by atoms with Crippen molar-refractivity contribution in [3.8, 4) is 11.8 Å². The van der Waals surface area contributed by atoms with Gasteiger partial charge in [0.1, 0.15) is 5.75 Å². The number of benzene rings is 1. The van der Waals surface area contributed by atoms with Crippen LogP contribution in [0, 0.1) is 16.7 Å². The molecule has 1 rings (SSSR count). The molecule has 0 bridgehead atoms. The predicted molar refractivity (Wildman–Crippen MR) is 77.9 cm³/mol. The van der Waals surface area contributed by atoms with Crippen LogP contribution in [0.2, 0.25) is 5.02 Å². The highest BCUT2D eigenvalue weighted by Crippen LogP contribution is 2.28. The van der Waals surface area contributed by atoms with Crippen LogP contribution in [0.25, 0.3) is 0 Å². The SMILES string of the molecule is CC(C)(C#N)CCCCOc1ccc(Br)cc1Cl. The number of nitriles is 1. The molecule has 0 fully saturated rings. The fourth-order valence-corrected chi connectivity index (χ4v) is 2.23. The highest BCUT2D eigenvalue weighted by Gasteiger charge is 2.15. The standard InChI is InChI=1S/C14H17BrClNO/c1-14(2,10-17)7-3-4-8-18-13-6-5-11(15)9-12(13)16/h5-6,9H,3-4,7-8H2,1-2H3. The summed E-state index contributed by atoms with van der Waals surface area (Å²) in [6.45, 7) is 4.54. The Morgan fingerprint density at radius 2 is 2.11 bits per heavy atom. The second-order valence-corrected chi connectivity index (χ2v) is 6.20. The highest BCUT2D eigenvalue weighted by atomic mass is 79.9. The third-order valence-electron chi connectivity index (χ3n) is 2.65. The van der Waals surface area contributed by atoms with E-state index in [-0.39, 0.29) is 5.41 Å². The smallest absolute Gasteiger partial charge is 0.137 e. The van der Waals surface area contributed by atoms with E-state index in [0.29, 0.717) is 17.4 Å². The van der Waals surface area contributed by atoms with Gasteiger partial charge in [0.2, 0.25) is 0 Å². The van der Waals surface area contributed by atoms with Crippen molar-refractivity contribution < 1.29 is 4.74 Å². The lowest BCUT2D eigenvalue weighted by Gasteiger charge is -2.14. The molecule has 2 nitrogen and oxygen atoms in total. The van der Waals surface area contributed by atoms with Gasteiger partial charge in [0.15, 0.2) is 0 Å². The summed E-state index contributed by atoms with van der Waals surface area (Å²) < 4.78 is 6.54. The Balaban J connectivity index is 2.29. The molecular formula is C14H17BrClNO. The largest absolute Gasteiger partial charge is 0.492 e. The van der Waals surface area contributed by atoms with Crippen molar-refractivity contribution >= 4 is 27.5 Å². The van der Waals surface area contributed by atoms with Crippen LogP contribution in [0.3, 0.4) is 0 Å². The zero-order valence-electron chi connectivity index (χ0n) is 10.7. The fraction of sp³-hybridized carbons (Fsp3) is 0.500. The molecule has 0 aromatic heterocycles. The summed E-state index contributed by atoms with van der Waals surface area (Å²) in [7, 11) is 0. The molecule has 0 aliphatic heterocycles. The summed E-state index contributed by atoms with van der Waals surface area (Å²) in [5.41, 5.74) is -0.241. The number of rotatable bonds is 6. The van der Waals surface area contributed by atoms with Gasteiger partial charge < -0.3 is 4.74 Å². The van der Waals surface area contributed by atoms with Gasteiger partial charge in [-0.15, -0.1) is 0 Å². The van der Waals surface area contributed by atoms with Gasteiger partial charge in [-0.2, -0.15) is 5.26 Å². The minimum absolute atomic E-state index is 0.241. The Morgan fingerprint density at radius 3 is 2.72 bits per heavy atom. The van der Waals surface area contributed by atoms with E-state index in [1.165, 1.54) is 0 Å². The molecule has 0 amide bonds. The summed E-state index contributed by atoms with van der Waals surface area (Å²) in [6, 6.07) is 7.87. The van der Waals surface area contributed by atoms with Gasteiger partial charge in [-0.25, -0.2) is 0 Å². The third-order valence-corrected chi connectivity index (χ3v) is 3.44. The molecule has 0 aliphatic carbocycles. The van der Waals surface area contributed by atoms with Crippen LogP contribution in [0.1, 0.15) is 33.1 Å². The van der Waals surface area contributed by atoms with Crippen molar-refractivity contribution in [1.29, 1.82) is 5.26 Å². The third kappa shape index (κ3) is 5.29. The Bertz CT molecular complexity index is 440. The molecule has 0 saturated heterocycles. The average Bonchev–Trinajstić information content (AvgIpc) is 2.31. The molecule has 1 aromatic rings. The van der Waals surface area contributed by atoms with E-state index < -0.39 is 0 Å². The second kappa shape index (κ2) is 7.01. The topological polar surface area (TPSA) is 33.0 Å². The van der Waals surface area contributed by atoms with E-state index in [0.717, 1.165) is 23.7 Å². The lowest BCUT2D eigenvalue weighted by molar-refractivity contribution is 0.295. The van der Waals surface area contributed by atoms with E-state index in [2.05, 4.69) is 22.0 Å². The maximum Gasteiger partial charge on any atom is 0.137 e. The van der Waals surface area contributed by atoms with Gasteiger partial charge in [0.25, 0.3) is 0 Å². The second-order valence-electron chi connectivity index (χ2n) is 4.88. The predicted octanol–water partition coefficient (Wildman–Crippen LogP) is 5.20. The summed E-state index contributed by atoms with van der Waals surface area (Å²) in [5.74, 6) is 0.708. The first-order valence-corrected chi connectivity index (χ1v) is 7.11. The number of halogens is 2. The van der Waals surface area contributed by atoms with Crippen LogP contribution >= 0.6 is 27.5 Å². The highest BCUT2D eigenvalue weighted by molar-refractivity contribution is 9.10. The first-order chi connectivity index (χ1) is 8.44. The van der Waals surface area contributed by atoms with Crippen molar-refractivity contribution in [1.82, 2.24) is 0 Å². The summed E-state index contributed by atoms with van der Waals surface area (Å²) in [6.07, 6.45) is 2.80. The molecule has 0 unspecified atom stereocenters. The lowest BCUT2D eigenvalue weighted by atomic mass is 9.89. The molecule has 0 spiro atoms. The average molecular weight is 331 g/mol. The van der Waals surface area contributed by atoms with Crippen LogP contribution in [0.4, 0.5) is 0 Å². The Labute approximate surface area is 122 Å². The fourth-order valence-electron chi connectivity index (χ4n) is 1.50. The number of hydrogen-bond donors (Lipinski definition) is 0. The quantitative estimate of drug-likeness (QED) is 0.671. The number of hydrogen-bond acceptors (Lipinski definition) is 2. The Morgan fingerprint density at radius 1 is 1.39 bits per heavy atom. The molecule has 18 heavy (non-hydrogen) atoms. The lowest BCUT2D eigenvalue weighted by Crippen LogP contribution is -2.08. The monoisotopic (exact) mass is 329 g/mol. The first kappa shape index (κ1) is 15.3. The van der Waals surface area contributed by atoms with Gasteiger partial charge >= 0.3 is 0 Å². The van der Waals surface area contributed by atoms with Gasteiger partial charge in [-0.3, -0.25) is 0 Å². The zero-order chi connectivity index (χ0) is 13.6. The van der Waals surface area contributed by atoms with Crippen LogP contribution < -0.4 is 4.74 Å². The van der Waals surface area contributed by atoms with Crippen LogP contribution in [-0.4, -0.2) is 6.61 Å². The number of nitrogens with zero attached hydrogens (tertiary/aromatic N) is 1. The molecule has 0 saturated carbocycles. The van der Waals surface area contributed by atoms with Crippen molar-refractivity contribution in [2.75, 3.05) is 6.61 Å². The molecule has 4 heteroatoms. The van der Waals surface area contributed by atoms with Crippen LogP contribution in [0.5, 0.6) is 5.75 Å². The Kier molecular flexibility index (Phi) is 5.98. The number of ether oxygens (including phenoxy) is 1. The van der Waals surface area contributed by atoms with E-state index in [1.54, 1.807) is 0 Å². The van der Waals surface area contributed by atoms with E-state index in [1.807, 2.05) is 32.0 Å². The summed E-state index contributed by atoms with van der Waals surface area (Å²) in [4.78, 5) is 0. The van der Waals surface area contributed by atoms with E-state index in [9.17, 15) is 0 Å². The van der Waals surface area contributed by atoms with Gasteiger partial charge in [-0.1, -0.05) is 27.5 Å². The molecule has 0 N–H and O–H groups in total. The van der Waals surface area contributed by atoms with Gasteiger partial charge in [0.05, 0.1) is 23.1 Å². The molecule has 0 aliphatic rings. The summed E-state index contributed by atoms with van der Waals surface area (Å²) >= 11 is 9.39. The molecule has 1 aromatic carbocycles. The molecule has 0 radical (unpaired) electrons. The normalized spacial score (nSPS) is 11.1. The maximum absolute atomic E-state index is 8.89. The van der Waals surface area contributed by atoms with Crippen molar-refractivity contribution in [2.24, 2.45) is 5.41 Å². The first-order valence-electron chi connectivity index (χ1n) is 5.94. The zero-order valence-corrected chi connectivity index (χ0v) is 13.0. The molecule has 98 valence electrons. The number of unbranched alkanes of at least 4 members (excludes halogenated alkanes) is 1. The van der Waals surface area contributed by atoms with Gasteiger partial charge in [0, 0.05) is 4.47 Å². The van der Waals surface area contributed by atoms with Crippen LogP contribution in [0.15, 0.2) is 22.7 Å². The van der Waals surface area contributed by atoms with E-state index in [4.69, 9.17) is 21.6 Å². The van der Waals surface area contributed by atoms with Crippen LogP contribution in [-0.2, 0) is 0 Å². The molecule has 0 atom stereocenters. The van der Waals surface area contributed by atoms with Crippen molar-refractivity contribution in [3.63, 3.8) is 0 Å². The maximum atomic E-state index is 8.89. The van der Waals surface area contributed by atoms with Crippen molar-refractivity contribution in [3.05, 3.63) is 27.7 Å². The summed E-state index contributed by atoms with van der Waals surface area (Å²) in [5, 5.41) is 9.50. The minimum atomic E-state index is -0.241. The minimum Gasteiger partial charge on any atom is -0.492 e. The van der Waals surface area contributed by atoms with E-state index >= 15 is 0 Å². The molecule has 0 heterocycles. The van der Waals surface area contributed by atoms with Crippen molar-refractivity contribution in [2.45, 2.75) is 33.1 Å². The van der Waals surface area contributed by atoms with Gasteiger partial charge in [-0.05, 0) is 51.3 Å². The molecular weight excluding hydrogens is 314 g/mol.